The highest BCUT2D eigenvalue weighted by atomic mass is 32.2. The molecule has 5 heterocycles. The molecule has 3 saturated heterocycles. The molecule has 4 atom stereocenters. The monoisotopic (exact) mass is 476 g/mol. The van der Waals surface area contributed by atoms with Crippen LogP contribution in [0.1, 0.15) is 19.3 Å². The van der Waals surface area contributed by atoms with Crippen LogP contribution in [0.5, 0.6) is 0 Å². The number of anilines is 1. The smallest absolute Gasteiger partial charge is 0.326 e. The Morgan fingerprint density at radius 2 is 2.00 bits per heavy atom. The zero-order valence-electron chi connectivity index (χ0n) is 18.8. The summed E-state index contributed by atoms with van der Waals surface area (Å²) in [6, 6.07) is 12.0. The lowest BCUT2D eigenvalue weighted by molar-refractivity contribution is -0.117. The number of nitrogens with zero attached hydrogens (tertiary/aromatic N) is 2. The van der Waals surface area contributed by atoms with E-state index in [1.807, 2.05) is 47.5 Å². The minimum Gasteiger partial charge on any atom is -0.348 e. The van der Waals surface area contributed by atoms with Crippen molar-refractivity contribution in [1.82, 2.24) is 26.3 Å². The van der Waals surface area contributed by atoms with E-state index in [0.717, 1.165) is 61.4 Å². The third kappa shape index (κ3) is 3.87. The summed E-state index contributed by atoms with van der Waals surface area (Å²) in [7, 11) is 0. The maximum absolute atomic E-state index is 13.4. The van der Waals surface area contributed by atoms with Crippen molar-refractivity contribution in [3.8, 4) is 11.1 Å². The van der Waals surface area contributed by atoms with Crippen LogP contribution in [-0.2, 0) is 4.79 Å². The first kappa shape index (κ1) is 21.6. The van der Waals surface area contributed by atoms with Crippen LogP contribution in [0, 0.1) is 5.92 Å². The van der Waals surface area contributed by atoms with Gasteiger partial charge in [-0.1, -0.05) is 42.1 Å². The summed E-state index contributed by atoms with van der Waals surface area (Å²) in [6.07, 6.45) is 6.43. The van der Waals surface area contributed by atoms with Crippen molar-refractivity contribution >= 4 is 29.4 Å². The number of amides is 3. The Morgan fingerprint density at radius 3 is 2.82 bits per heavy atom. The molecule has 0 bridgehead atoms. The van der Waals surface area contributed by atoms with Gasteiger partial charge in [0.05, 0.1) is 28.2 Å². The van der Waals surface area contributed by atoms with Gasteiger partial charge < -0.3 is 21.3 Å². The molecule has 3 unspecified atom stereocenters. The van der Waals surface area contributed by atoms with E-state index in [4.69, 9.17) is 0 Å². The molecule has 0 saturated carbocycles. The Bertz CT molecular complexity index is 1130. The van der Waals surface area contributed by atoms with Crippen LogP contribution in [0.3, 0.4) is 0 Å². The van der Waals surface area contributed by atoms with Crippen LogP contribution in [0.2, 0.25) is 0 Å². The van der Waals surface area contributed by atoms with Gasteiger partial charge in [-0.15, -0.1) is 0 Å². The largest absolute Gasteiger partial charge is 0.348 e. The SMILES string of the molecule is O=C(N[C@@H]1CCCNC1)C1=C2NC(=O)N(c3cncc(-c4ccccc4)c3)C3CCNC(S1)C23. The average Bonchev–Trinajstić information content (AvgIpc) is 3.25. The number of aromatic nitrogens is 1. The number of carbonyl (C=O) groups excluding carboxylic acids is 2. The molecule has 1 aromatic heterocycles. The number of pyridine rings is 1. The lowest BCUT2D eigenvalue weighted by Gasteiger charge is -2.45. The third-order valence-corrected chi connectivity index (χ3v) is 8.44. The summed E-state index contributed by atoms with van der Waals surface area (Å²) in [5.41, 5.74) is 3.58. The quantitative estimate of drug-likeness (QED) is 0.541. The zero-order chi connectivity index (χ0) is 23.1. The highest BCUT2D eigenvalue weighted by molar-refractivity contribution is 8.04. The second kappa shape index (κ2) is 9.05. The summed E-state index contributed by atoms with van der Waals surface area (Å²) < 4.78 is 0. The Hall–Kier alpha value is -2.88. The molecule has 3 fully saturated rings. The molecule has 8 nitrogen and oxygen atoms in total. The van der Waals surface area contributed by atoms with Crippen LogP contribution in [0.15, 0.2) is 59.4 Å². The van der Waals surface area contributed by atoms with Crippen LogP contribution in [0.4, 0.5) is 10.5 Å². The molecule has 176 valence electrons. The first-order valence-corrected chi connectivity index (χ1v) is 12.8. The minimum atomic E-state index is -0.198. The molecule has 6 rings (SSSR count). The first-order chi connectivity index (χ1) is 16.7. The first-order valence-electron chi connectivity index (χ1n) is 12.0. The van der Waals surface area contributed by atoms with Crippen molar-refractivity contribution in [2.45, 2.75) is 36.7 Å². The summed E-state index contributed by atoms with van der Waals surface area (Å²) in [6.45, 7) is 2.58. The number of rotatable bonds is 4. The number of urea groups is 1. The van der Waals surface area contributed by atoms with Gasteiger partial charge in [0.25, 0.3) is 5.91 Å². The Labute approximate surface area is 203 Å². The number of nitrogens with one attached hydrogen (secondary N) is 4. The summed E-state index contributed by atoms with van der Waals surface area (Å²) in [5.74, 6) is -0.0489. The fourth-order valence-electron chi connectivity index (χ4n) is 5.50. The summed E-state index contributed by atoms with van der Waals surface area (Å²) in [5, 5.41) is 13.2. The van der Waals surface area contributed by atoms with Crippen LogP contribution < -0.4 is 26.2 Å². The van der Waals surface area contributed by atoms with Crippen molar-refractivity contribution < 1.29 is 9.59 Å². The molecule has 0 spiro atoms. The number of hydrogen-bond acceptors (Lipinski definition) is 6. The highest BCUT2D eigenvalue weighted by Gasteiger charge is 2.51. The topological polar surface area (TPSA) is 98.4 Å². The van der Waals surface area contributed by atoms with Crippen molar-refractivity contribution in [2.24, 2.45) is 5.92 Å². The van der Waals surface area contributed by atoms with Crippen molar-refractivity contribution in [3.05, 3.63) is 59.4 Å². The van der Waals surface area contributed by atoms with E-state index in [0.29, 0.717) is 4.91 Å². The Kier molecular flexibility index (Phi) is 5.76. The molecule has 0 radical (unpaired) electrons. The van der Waals surface area contributed by atoms with Gasteiger partial charge in [0.15, 0.2) is 0 Å². The van der Waals surface area contributed by atoms with Crippen LogP contribution in [0.25, 0.3) is 11.1 Å². The second-order valence-electron chi connectivity index (χ2n) is 9.23. The van der Waals surface area contributed by atoms with E-state index in [-0.39, 0.29) is 35.3 Å². The van der Waals surface area contributed by atoms with Gasteiger partial charge in [0.1, 0.15) is 0 Å². The normalized spacial score (nSPS) is 28.4. The van der Waals surface area contributed by atoms with Crippen LogP contribution in [-0.4, -0.2) is 54.0 Å². The lowest BCUT2D eigenvalue weighted by atomic mass is 9.86. The molecule has 0 aliphatic carbocycles. The average molecular weight is 477 g/mol. The molecule has 9 heteroatoms. The molecular weight excluding hydrogens is 448 g/mol. The number of hydrogen-bond donors (Lipinski definition) is 4. The predicted molar refractivity (Wildman–Crippen MR) is 133 cm³/mol. The van der Waals surface area contributed by atoms with Crippen molar-refractivity contribution in [3.63, 3.8) is 0 Å². The fraction of sp³-hybridized carbons (Fsp3) is 0.400. The predicted octanol–water partition coefficient (Wildman–Crippen LogP) is 2.41. The van der Waals surface area contributed by atoms with Crippen LogP contribution >= 0.6 is 11.8 Å². The van der Waals surface area contributed by atoms with Gasteiger partial charge in [-0.05, 0) is 44.0 Å². The highest BCUT2D eigenvalue weighted by Crippen LogP contribution is 2.48. The Morgan fingerprint density at radius 1 is 1.12 bits per heavy atom. The standard InChI is InChI=1S/C25H28N6O2S/c32-23(29-17-7-4-9-26-13-17)22-21-20-19(8-10-28-24(20)34-22)31(25(33)30-21)18-11-16(12-27-14-18)15-5-2-1-3-6-15/h1-3,5-6,11-12,14,17,19-20,24,26,28H,4,7-10,13H2,(H,29,32)(H,30,33)/t17-,19?,20?,24?/m1/s1. The number of piperidine rings is 2. The molecule has 1 aromatic carbocycles. The molecule has 4 aliphatic rings. The molecule has 3 amide bonds. The van der Waals surface area contributed by atoms with Crippen molar-refractivity contribution in [1.29, 1.82) is 0 Å². The van der Waals surface area contributed by atoms with Gasteiger partial charge in [-0.2, -0.15) is 0 Å². The van der Waals surface area contributed by atoms with Gasteiger partial charge in [-0.25, -0.2) is 4.79 Å². The lowest BCUT2D eigenvalue weighted by Crippen LogP contribution is -2.62. The molecule has 4 N–H and O–H groups in total. The minimum absolute atomic E-state index is 0.0297. The van der Waals surface area contributed by atoms with E-state index in [2.05, 4.69) is 26.3 Å². The maximum Gasteiger partial charge on any atom is 0.326 e. The van der Waals surface area contributed by atoms with Gasteiger partial charge in [0.2, 0.25) is 0 Å². The Balaban J connectivity index is 1.30. The van der Waals surface area contributed by atoms with Crippen molar-refractivity contribution in [2.75, 3.05) is 24.5 Å². The zero-order valence-corrected chi connectivity index (χ0v) is 19.6. The molecule has 2 aromatic rings. The number of thioether (sulfide) groups is 1. The number of carbonyl (C=O) groups is 2. The van der Waals surface area contributed by atoms with E-state index in [9.17, 15) is 9.59 Å². The third-order valence-electron chi connectivity index (χ3n) is 7.09. The molecule has 4 aliphatic heterocycles. The second-order valence-corrected chi connectivity index (χ2v) is 10.4. The van der Waals surface area contributed by atoms with E-state index >= 15 is 0 Å². The fourth-order valence-corrected chi connectivity index (χ4v) is 6.90. The molecule has 34 heavy (non-hydrogen) atoms. The van der Waals surface area contributed by atoms with E-state index in [1.54, 1.807) is 18.0 Å². The van der Waals surface area contributed by atoms with Gasteiger partial charge in [0, 0.05) is 36.0 Å². The van der Waals surface area contributed by atoms with Gasteiger partial charge in [-0.3, -0.25) is 14.7 Å². The molecular formula is C25H28N6O2S. The summed E-state index contributed by atoms with van der Waals surface area (Å²) in [4.78, 5) is 33.6. The van der Waals surface area contributed by atoms with E-state index < -0.39 is 0 Å². The maximum atomic E-state index is 13.4. The van der Waals surface area contributed by atoms with Gasteiger partial charge >= 0.3 is 6.03 Å². The summed E-state index contributed by atoms with van der Waals surface area (Å²) >= 11 is 1.55. The number of benzene rings is 1. The van der Waals surface area contributed by atoms with E-state index in [1.165, 1.54) is 0 Å².